The topological polar surface area (TPSA) is 307 Å². The van der Waals surface area contributed by atoms with Crippen molar-refractivity contribution < 1.29 is 89.4 Å². The van der Waals surface area contributed by atoms with Crippen LogP contribution in [0.15, 0.2) is 109 Å². The number of amides is 1. The molecule has 0 aromatic carbocycles. The van der Waals surface area contributed by atoms with E-state index in [0.717, 1.165) is 96.3 Å². The SMILES string of the molecule is CC/C=C\C/C=C\C/C=C\C/C=C\C/C=C\C/C=C\CCCCCCCCCCCCCCC(=O)NC(COC1OC(CO)C(OC2OC(CO)C(OC3OC(CO)C(O)C(O)C3O)C(O)C2O)C(O)C1O)C(O)/C=C/CC/C=C/CC/C=C/CCCCCCCCCC. The van der Waals surface area contributed by atoms with E-state index in [1.54, 1.807) is 6.08 Å². The smallest absolute Gasteiger partial charge is 0.220 e. The van der Waals surface area contributed by atoms with Crippen LogP contribution in [0, 0.1) is 0 Å². The van der Waals surface area contributed by atoms with Crippen molar-refractivity contribution in [3.05, 3.63) is 109 Å². The first-order valence-electron chi connectivity index (χ1n) is 36.1. The first-order chi connectivity index (χ1) is 45.8. The molecule has 3 heterocycles. The molecule has 94 heavy (non-hydrogen) atoms. The lowest BCUT2D eigenvalue weighted by Crippen LogP contribution is -2.66. The minimum absolute atomic E-state index is 0.223. The summed E-state index contributed by atoms with van der Waals surface area (Å²) in [5.41, 5.74) is 0. The Bertz CT molecular complexity index is 2130. The molecule has 3 rings (SSSR count). The quantitative estimate of drug-likeness (QED) is 0.0199. The fourth-order valence-corrected chi connectivity index (χ4v) is 11.5. The van der Waals surface area contributed by atoms with Crippen molar-refractivity contribution in [2.24, 2.45) is 0 Å². The number of aliphatic hydroxyl groups excluding tert-OH is 11. The zero-order valence-corrected chi connectivity index (χ0v) is 57.1. The van der Waals surface area contributed by atoms with Crippen LogP contribution in [0.2, 0.25) is 0 Å². The summed E-state index contributed by atoms with van der Waals surface area (Å²) in [6.45, 7) is 1.58. The highest BCUT2D eigenvalue weighted by molar-refractivity contribution is 5.76. The normalized spacial score (nSPS) is 28.0. The molecule has 0 aromatic rings. The molecular weight excluding hydrogens is 1200 g/mol. The van der Waals surface area contributed by atoms with E-state index in [9.17, 15) is 61.0 Å². The number of nitrogens with one attached hydrogen (secondary N) is 1. The maximum atomic E-state index is 13.4. The molecule has 3 aliphatic rings. The number of hydrogen-bond donors (Lipinski definition) is 12. The Morgan fingerprint density at radius 2 is 0.745 bits per heavy atom. The first kappa shape index (κ1) is 84.7. The van der Waals surface area contributed by atoms with Crippen LogP contribution >= 0.6 is 0 Å². The van der Waals surface area contributed by atoms with Crippen LogP contribution in [0.4, 0.5) is 0 Å². The highest BCUT2D eigenvalue weighted by Gasteiger charge is 2.53. The Morgan fingerprint density at radius 1 is 0.394 bits per heavy atom. The number of carbonyl (C=O) groups excluding carboxylic acids is 1. The predicted octanol–water partition coefficient (Wildman–Crippen LogP) is 10.2. The van der Waals surface area contributed by atoms with E-state index in [2.05, 4.69) is 116 Å². The lowest BCUT2D eigenvalue weighted by atomic mass is 9.96. The van der Waals surface area contributed by atoms with Gasteiger partial charge in [0.15, 0.2) is 18.9 Å². The summed E-state index contributed by atoms with van der Waals surface area (Å²) in [5.74, 6) is -0.296. The summed E-state index contributed by atoms with van der Waals surface area (Å²) in [6.07, 6.45) is 47.7. The third kappa shape index (κ3) is 36.3. The lowest BCUT2D eigenvalue weighted by Gasteiger charge is -2.48. The minimum Gasteiger partial charge on any atom is -0.394 e. The summed E-state index contributed by atoms with van der Waals surface area (Å²) in [4.78, 5) is 13.4. The molecule has 0 aliphatic carbocycles. The number of unbranched alkanes of at least 4 members (excludes halogenated alkanes) is 22. The molecule has 17 unspecified atom stereocenters. The molecule has 3 aliphatic heterocycles. The van der Waals surface area contributed by atoms with Gasteiger partial charge in [0, 0.05) is 6.42 Å². The van der Waals surface area contributed by atoms with E-state index in [1.807, 2.05) is 6.08 Å². The monoisotopic (exact) mass is 1330 g/mol. The third-order valence-corrected chi connectivity index (χ3v) is 17.3. The van der Waals surface area contributed by atoms with Crippen LogP contribution in [0.5, 0.6) is 0 Å². The van der Waals surface area contributed by atoms with Crippen molar-refractivity contribution in [2.75, 3.05) is 26.4 Å². The third-order valence-electron chi connectivity index (χ3n) is 17.3. The van der Waals surface area contributed by atoms with Crippen LogP contribution in [-0.2, 0) is 33.2 Å². The van der Waals surface area contributed by atoms with Crippen LogP contribution in [0.3, 0.4) is 0 Å². The second kappa shape index (κ2) is 55.3. The van der Waals surface area contributed by atoms with Gasteiger partial charge < -0.3 is 89.9 Å². The van der Waals surface area contributed by atoms with Gasteiger partial charge in [0.1, 0.15) is 73.2 Å². The molecule has 19 nitrogen and oxygen atoms in total. The molecular formula is C75H127NO18. The second-order valence-electron chi connectivity index (χ2n) is 25.3. The number of carbonyl (C=O) groups is 1. The summed E-state index contributed by atoms with van der Waals surface area (Å²) in [6, 6.07) is -1.00. The molecule has 12 N–H and O–H groups in total. The zero-order chi connectivity index (χ0) is 68.2. The van der Waals surface area contributed by atoms with Crippen molar-refractivity contribution in [3.8, 4) is 0 Å². The predicted molar refractivity (Wildman–Crippen MR) is 369 cm³/mol. The molecule has 0 bridgehead atoms. The van der Waals surface area contributed by atoms with Gasteiger partial charge in [-0.2, -0.15) is 0 Å². The number of aliphatic hydroxyl groups is 11. The van der Waals surface area contributed by atoms with E-state index < -0.39 is 124 Å². The fourth-order valence-electron chi connectivity index (χ4n) is 11.5. The van der Waals surface area contributed by atoms with E-state index in [-0.39, 0.29) is 18.9 Å². The summed E-state index contributed by atoms with van der Waals surface area (Å²) in [5, 5.41) is 121. The molecule has 0 radical (unpaired) electrons. The molecule has 0 aromatic heterocycles. The second-order valence-corrected chi connectivity index (χ2v) is 25.3. The maximum Gasteiger partial charge on any atom is 0.220 e. The largest absolute Gasteiger partial charge is 0.394 e. The molecule has 3 fully saturated rings. The number of hydrogen-bond acceptors (Lipinski definition) is 18. The van der Waals surface area contributed by atoms with Gasteiger partial charge in [-0.1, -0.05) is 232 Å². The van der Waals surface area contributed by atoms with Gasteiger partial charge in [0.25, 0.3) is 0 Å². The lowest BCUT2D eigenvalue weighted by molar-refractivity contribution is -0.379. The van der Waals surface area contributed by atoms with Gasteiger partial charge in [0.2, 0.25) is 5.91 Å². The Balaban J connectivity index is 1.41. The Labute approximate surface area is 564 Å². The van der Waals surface area contributed by atoms with Crippen LogP contribution in [0.25, 0.3) is 0 Å². The Kier molecular flexibility index (Phi) is 49.9. The maximum absolute atomic E-state index is 13.4. The van der Waals surface area contributed by atoms with Gasteiger partial charge >= 0.3 is 0 Å². The van der Waals surface area contributed by atoms with Crippen LogP contribution < -0.4 is 5.32 Å². The highest BCUT2D eigenvalue weighted by atomic mass is 16.8. The minimum atomic E-state index is -1.99. The van der Waals surface area contributed by atoms with Gasteiger partial charge in [-0.3, -0.25) is 4.79 Å². The average molecular weight is 1330 g/mol. The van der Waals surface area contributed by atoms with Crippen molar-refractivity contribution in [3.63, 3.8) is 0 Å². The van der Waals surface area contributed by atoms with E-state index in [4.69, 9.17) is 28.4 Å². The number of ether oxygens (including phenoxy) is 6. The van der Waals surface area contributed by atoms with E-state index in [1.165, 1.54) is 96.3 Å². The fraction of sp³-hybridized carbons (Fsp3) is 0.747. The standard InChI is InChI=1S/C75H127NO18/c1-3-5-7-9-11-13-15-17-19-21-23-24-25-26-27-28-29-30-31-32-33-34-35-37-39-41-43-45-47-49-51-53-63(81)76-58(59(80)52-50-48-46-44-42-40-38-36-22-20-18-16-14-12-10-8-6-4-2)57-89-73-69(87)66(84)71(61(55-78)91-73)94-75-70(88)67(85)72(62(56-79)92-75)93-74-68(86)65(83)64(82)60(54-77)90-74/h5,7,11,13,17,19,22-24,26-27,29-30,36,42,44,50,52,58-62,64-75,77-80,82-88H,3-4,6,8-10,12,14-16,18,20-21,25,28,31-35,37-41,43,45-49,51,53-57H2,1-2H3,(H,76,81)/b7-5-,13-11-,19-17-,24-23-,27-26-,30-29-,36-22+,44-42+,52-50+. The Hall–Kier alpha value is -3.55. The van der Waals surface area contributed by atoms with Crippen LogP contribution in [0.1, 0.15) is 226 Å². The van der Waals surface area contributed by atoms with Crippen molar-refractivity contribution in [1.29, 1.82) is 0 Å². The molecule has 3 saturated heterocycles. The van der Waals surface area contributed by atoms with Gasteiger partial charge in [-0.05, 0) is 96.3 Å². The van der Waals surface area contributed by atoms with E-state index >= 15 is 0 Å². The van der Waals surface area contributed by atoms with E-state index in [0.29, 0.717) is 12.8 Å². The number of rotatable bonds is 54. The van der Waals surface area contributed by atoms with Gasteiger partial charge in [-0.15, -0.1) is 0 Å². The highest BCUT2D eigenvalue weighted by Crippen LogP contribution is 2.33. The molecule has 540 valence electrons. The Morgan fingerprint density at radius 3 is 1.19 bits per heavy atom. The van der Waals surface area contributed by atoms with Crippen molar-refractivity contribution >= 4 is 5.91 Å². The average Bonchev–Trinajstić information content (AvgIpc) is 0.787. The van der Waals surface area contributed by atoms with Gasteiger partial charge in [-0.25, -0.2) is 0 Å². The first-order valence-corrected chi connectivity index (χ1v) is 36.1. The van der Waals surface area contributed by atoms with Crippen molar-refractivity contribution in [1.82, 2.24) is 5.32 Å². The summed E-state index contributed by atoms with van der Waals surface area (Å²) >= 11 is 0. The molecule has 0 saturated carbocycles. The molecule has 0 spiro atoms. The molecule has 1 amide bonds. The van der Waals surface area contributed by atoms with Crippen molar-refractivity contribution in [2.45, 2.75) is 330 Å². The summed E-state index contributed by atoms with van der Waals surface area (Å²) < 4.78 is 34.3. The van der Waals surface area contributed by atoms with Gasteiger partial charge in [0.05, 0.1) is 38.6 Å². The van der Waals surface area contributed by atoms with Crippen LogP contribution in [-0.4, -0.2) is 193 Å². The number of allylic oxidation sites excluding steroid dienone is 17. The molecule has 19 heteroatoms. The summed E-state index contributed by atoms with van der Waals surface area (Å²) in [7, 11) is 0. The molecule has 17 atom stereocenters. The zero-order valence-electron chi connectivity index (χ0n) is 57.1.